The summed E-state index contributed by atoms with van der Waals surface area (Å²) in [6.45, 7) is 3.47. The zero-order valence-corrected chi connectivity index (χ0v) is 14.8. The molecule has 0 unspecified atom stereocenters. The van der Waals surface area contributed by atoms with Gasteiger partial charge >= 0.3 is 0 Å². The van der Waals surface area contributed by atoms with Gasteiger partial charge in [-0.15, -0.1) is 0 Å². The molecule has 132 valence electrons. The van der Waals surface area contributed by atoms with E-state index in [0.717, 1.165) is 5.56 Å². The average molecular weight is 362 g/mol. The van der Waals surface area contributed by atoms with Gasteiger partial charge in [0.25, 0.3) is 5.91 Å². The molecule has 2 aromatic rings. The van der Waals surface area contributed by atoms with Crippen LogP contribution in [0.25, 0.3) is 0 Å². The molecule has 0 fully saturated rings. The second kappa shape index (κ2) is 6.48. The molecule has 1 aliphatic rings. The van der Waals surface area contributed by atoms with Crippen LogP contribution >= 0.6 is 0 Å². The largest absolute Gasteiger partial charge is 0.322 e. The van der Waals surface area contributed by atoms with E-state index in [9.17, 15) is 17.6 Å². The molecule has 3 rings (SSSR count). The molecular weight excluding hydrogens is 343 g/mol. The summed E-state index contributed by atoms with van der Waals surface area (Å²) in [5.74, 6) is -0.663. The van der Waals surface area contributed by atoms with E-state index in [1.54, 1.807) is 25.1 Å². The molecule has 1 aliphatic heterocycles. The quantitative estimate of drug-likeness (QED) is 0.908. The first kappa shape index (κ1) is 17.4. The number of anilines is 2. The number of carbonyl (C=O) groups is 1. The zero-order chi connectivity index (χ0) is 18.2. The fraction of sp³-hybridized carbons (Fsp3) is 0.278. The number of benzene rings is 2. The Morgan fingerprint density at radius 2 is 1.92 bits per heavy atom. The van der Waals surface area contributed by atoms with Crippen molar-refractivity contribution in [2.24, 2.45) is 0 Å². The van der Waals surface area contributed by atoms with Crippen LogP contribution in [0.2, 0.25) is 0 Å². The molecule has 0 saturated heterocycles. The van der Waals surface area contributed by atoms with Crippen molar-refractivity contribution in [2.45, 2.75) is 26.3 Å². The number of fused-ring (bicyclic) bond motifs is 1. The molecule has 25 heavy (non-hydrogen) atoms. The molecule has 0 bridgehead atoms. The number of hydrogen-bond acceptors (Lipinski definition) is 3. The molecule has 0 aromatic heterocycles. The first-order chi connectivity index (χ1) is 11.8. The molecule has 1 N–H and O–H groups in total. The SMILES string of the molecule is CCS(=O)(=O)N1c2ccc(C(=O)Nc3ccc(F)cc3)cc2C[C@H]1C. The molecule has 0 aliphatic carbocycles. The molecule has 7 heteroatoms. The third-order valence-corrected chi connectivity index (χ3v) is 6.15. The lowest BCUT2D eigenvalue weighted by Crippen LogP contribution is -2.36. The monoisotopic (exact) mass is 362 g/mol. The van der Waals surface area contributed by atoms with E-state index in [0.29, 0.717) is 23.4 Å². The summed E-state index contributed by atoms with van der Waals surface area (Å²) >= 11 is 0. The standard InChI is InChI=1S/C18H19FN2O3S/c1-3-25(23,24)21-12(2)10-14-11-13(4-9-17(14)21)18(22)20-16-7-5-15(19)6-8-16/h4-9,11-12H,3,10H2,1-2H3,(H,20,22)/t12-/m1/s1. The number of rotatable bonds is 4. The van der Waals surface area contributed by atoms with Crippen LogP contribution < -0.4 is 9.62 Å². The van der Waals surface area contributed by atoms with Gasteiger partial charge in [0.05, 0.1) is 11.4 Å². The van der Waals surface area contributed by atoms with Crippen molar-refractivity contribution >= 4 is 27.3 Å². The summed E-state index contributed by atoms with van der Waals surface area (Å²) < 4.78 is 38.9. The number of carbonyl (C=O) groups excluding carboxylic acids is 1. The summed E-state index contributed by atoms with van der Waals surface area (Å²) in [7, 11) is -3.35. The lowest BCUT2D eigenvalue weighted by atomic mass is 10.1. The number of hydrogen-bond donors (Lipinski definition) is 1. The number of halogens is 1. The van der Waals surface area contributed by atoms with Crippen molar-refractivity contribution in [2.75, 3.05) is 15.4 Å². The maximum absolute atomic E-state index is 12.9. The summed E-state index contributed by atoms with van der Waals surface area (Å²) in [5, 5.41) is 2.70. The summed E-state index contributed by atoms with van der Waals surface area (Å²) in [6.07, 6.45) is 0.562. The molecule has 5 nitrogen and oxygen atoms in total. The Morgan fingerprint density at radius 1 is 1.24 bits per heavy atom. The highest BCUT2D eigenvalue weighted by Crippen LogP contribution is 2.35. The van der Waals surface area contributed by atoms with Crippen LogP contribution in [0, 0.1) is 5.82 Å². The topological polar surface area (TPSA) is 66.5 Å². The van der Waals surface area contributed by atoms with Gasteiger partial charge in [-0.2, -0.15) is 0 Å². The highest BCUT2D eigenvalue weighted by atomic mass is 32.2. The minimum atomic E-state index is -3.35. The van der Waals surface area contributed by atoms with Crippen LogP contribution in [0.3, 0.4) is 0 Å². The zero-order valence-electron chi connectivity index (χ0n) is 14.0. The van der Waals surface area contributed by atoms with Crippen molar-refractivity contribution < 1.29 is 17.6 Å². The Morgan fingerprint density at radius 3 is 2.56 bits per heavy atom. The first-order valence-electron chi connectivity index (χ1n) is 8.04. The molecular formula is C18H19FN2O3S. The Balaban J connectivity index is 1.86. The van der Waals surface area contributed by atoms with Gasteiger partial charge in [0.15, 0.2) is 0 Å². The lowest BCUT2D eigenvalue weighted by Gasteiger charge is -2.23. The molecule has 1 heterocycles. The van der Waals surface area contributed by atoms with Gasteiger partial charge in [0, 0.05) is 17.3 Å². The van der Waals surface area contributed by atoms with Crippen molar-refractivity contribution in [1.82, 2.24) is 0 Å². The van der Waals surface area contributed by atoms with Crippen LogP contribution in [-0.2, 0) is 16.4 Å². The number of nitrogens with one attached hydrogen (secondary N) is 1. The van der Waals surface area contributed by atoms with Crippen LogP contribution in [0.15, 0.2) is 42.5 Å². The van der Waals surface area contributed by atoms with Gasteiger partial charge in [-0.25, -0.2) is 12.8 Å². The minimum absolute atomic E-state index is 0.0313. The Labute approximate surface area is 146 Å². The van der Waals surface area contributed by atoms with E-state index in [-0.39, 0.29) is 23.5 Å². The molecule has 1 atom stereocenters. The maximum atomic E-state index is 12.9. The summed E-state index contributed by atoms with van der Waals surface area (Å²) in [5.41, 5.74) is 2.39. The second-order valence-electron chi connectivity index (χ2n) is 6.05. The number of sulfonamides is 1. The van der Waals surface area contributed by atoms with E-state index in [1.165, 1.54) is 28.6 Å². The summed E-state index contributed by atoms with van der Waals surface area (Å²) in [6, 6.07) is 10.3. The van der Waals surface area contributed by atoms with Gasteiger partial charge in [0.1, 0.15) is 5.82 Å². The van der Waals surface area contributed by atoms with Gasteiger partial charge in [-0.1, -0.05) is 0 Å². The number of nitrogens with zero attached hydrogens (tertiary/aromatic N) is 1. The fourth-order valence-corrected chi connectivity index (χ4v) is 4.42. The highest BCUT2D eigenvalue weighted by molar-refractivity contribution is 7.92. The molecule has 0 spiro atoms. The van der Waals surface area contributed by atoms with Gasteiger partial charge in [-0.05, 0) is 68.3 Å². The molecule has 1 amide bonds. The van der Waals surface area contributed by atoms with E-state index < -0.39 is 10.0 Å². The predicted molar refractivity (Wildman–Crippen MR) is 95.9 cm³/mol. The van der Waals surface area contributed by atoms with Gasteiger partial charge in [0.2, 0.25) is 10.0 Å². The van der Waals surface area contributed by atoms with Crippen LogP contribution in [-0.4, -0.2) is 26.1 Å². The summed E-state index contributed by atoms with van der Waals surface area (Å²) in [4.78, 5) is 12.4. The van der Waals surface area contributed by atoms with E-state index in [2.05, 4.69) is 5.32 Å². The second-order valence-corrected chi connectivity index (χ2v) is 8.19. The third-order valence-electron chi connectivity index (χ3n) is 4.26. The maximum Gasteiger partial charge on any atom is 0.255 e. The van der Waals surface area contributed by atoms with Crippen molar-refractivity contribution in [3.63, 3.8) is 0 Å². The van der Waals surface area contributed by atoms with Gasteiger partial charge in [-0.3, -0.25) is 9.10 Å². The molecule has 2 aromatic carbocycles. The van der Waals surface area contributed by atoms with E-state index >= 15 is 0 Å². The Bertz CT molecular complexity index is 910. The van der Waals surface area contributed by atoms with E-state index in [4.69, 9.17) is 0 Å². The highest BCUT2D eigenvalue weighted by Gasteiger charge is 2.34. The van der Waals surface area contributed by atoms with Crippen LogP contribution in [0.1, 0.15) is 29.8 Å². The minimum Gasteiger partial charge on any atom is -0.322 e. The van der Waals surface area contributed by atoms with Crippen molar-refractivity contribution in [3.8, 4) is 0 Å². The van der Waals surface area contributed by atoms with Crippen LogP contribution in [0.5, 0.6) is 0 Å². The van der Waals surface area contributed by atoms with E-state index in [1.807, 2.05) is 6.92 Å². The smallest absolute Gasteiger partial charge is 0.255 e. The Hall–Kier alpha value is -2.41. The average Bonchev–Trinajstić information content (AvgIpc) is 2.92. The van der Waals surface area contributed by atoms with Crippen molar-refractivity contribution in [3.05, 3.63) is 59.4 Å². The Kier molecular flexibility index (Phi) is 4.51. The van der Waals surface area contributed by atoms with Crippen LogP contribution in [0.4, 0.5) is 15.8 Å². The normalized spacial score (nSPS) is 16.6. The first-order valence-corrected chi connectivity index (χ1v) is 9.64. The number of amides is 1. The lowest BCUT2D eigenvalue weighted by molar-refractivity contribution is 0.102. The fourth-order valence-electron chi connectivity index (χ4n) is 3.04. The molecule has 0 saturated carbocycles. The molecule has 0 radical (unpaired) electrons. The van der Waals surface area contributed by atoms with Crippen molar-refractivity contribution in [1.29, 1.82) is 0 Å². The third kappa shape index (κ3) is 3.37. The van der Waals surface area contributed by atoms with Gasteiger partial charge < -0.3 is 5.32 Å². The predicted octanol–water partition coefficient (Wildman–Crippen LogP) is 3.18.